The summed E-state index contributed by atoms with van der Waals surface area (Å²) in [4.78, 5) is 15.0. The number of anilines is 1. The highest BCUT2D eigenvalue weighted by molar-refractivity contribution is 9.10. The zero-order valence-corrected chi connectivity index (χ0v) is 15.4. The molecule has 0 radical (unpaired) electrons. The molecule has 5 heteroatoms. The zero-order chi connectivity index (χ0) is 16.3. The molecule has 3 rings (SSSR count). The van der Waals surface area contributed by atoms with Crippen molar-refractivity contribution in [3.05, 3.63) is 28.7 Å². The quantitative estimate of drug-likeness (QED) is 0.844. The van der Waals surface area contributed by atoms with Crippen LogP contribution in [0.25, 0.3) is 0 Å². The Bertz CT molecular complexity index is 549. The summed E-state index contributed by atoms with van der Waals surface area (Å²) in [6, 6.07) is 7.79. The number of amides is 1. The van der Waals surface area contributed by atoms with E-state index >= 15 is 0 Å². The van der Waals surface area contributed by atoms with Crippen molar-refractivity contribution in [1.29, 1.82) is 0 Å². The van der Waals surface area contributed by atoms with Crippen LogP contribution in [0.4, 0.5) is 5.69 Å². The lowest BCUT2D eigenvalue weighted by Crippen LogP contribution is -2.43. The van der Waals surface area contributed by atoms with Gasteiger partial charge >= 0.3 is 0 Å². The first kappa shape index (κ1) is 16.9. The molecule has 2 aliphatic rings. The molecular formula is C18H26BrN3O. The van der Waals surface area contributed by atoms with Crippen molar-refractivity contribution in [2.45, 2.75) is 26.2 Å². The Morgan fingerprint density at radius 3 is 2.78 bits per heavy atom. The molecule has 0 spiro atoms. The minimum Gasteiger partial charge on any atom is -0.325 e. The summed E-state index contributed by atoms with van der Waals surface area (Å²) in [5.41, 5.74) is 1.27. The van der Waals surface area contributed by atoms with Gasteiger partial charge in [-0.3, -0.25) is 4.79 Å². The maximum atomic E-state index is 12.5. The summed E-state index contributed by atoms with van der Waals surface area (Å²) < 4.78 is 0.937. The lowest BCUT2D eigenvalue weighted by atomic mass is 9.87. The number of hydrogen-bond donors (Lipinski definition) is 2. The monoisotopic (exact) mass is 379 g/mol. The molecule has 126 valence electrons. The third kappa shape index (κ3) is 4.34. The number of carbonyl (C=O) groups is 1. The van der Waals surface area contributed by atoms with Crippen LogP contribution in [-0.4, -0.2) is 43.5 Å². The van der Waals surface area contributed by atoms with Crippen LogP contribution < -0.4 is 10.6 Å². The van der Waals surface area contributed by atoms with Crippen molar-refractivity contribution >= 4 is 27.5 Å². The highest BCUT2D eigenvalue weighted by atomic mass is 79.9. The molecular weight excluding hydrogens is 354 g/mol. The Morgan fingerprint density at radius 2 is 2.13 bits per heavy atom. The molecule has 1 unspecified atom stereocenters. The molecule has 1 amide bonds. The molecule has 2 heterocycles. The lowest BCUT2D eigenvalue weighted by molar-refractivity contribution is -0.121. The van der Waals surface area contributed by atoms with Gasteiger partial charge in [0.1, 0.15) is 0 Å². The van der Waals surface area contributed by atoms with Gasteiger partial charge in [0.25, 0.3) is 0 Å². The van der Waals surface area contributed by atoms with Crippen molar-refractivity contribution in [1.82, 2.24) is 10.2 Å². The molecule has 0 saturated carbocycles. The maximum Gasteiger partial charge on any atom is 0.227 e. The molecule has 0 aromatic heterocycles. The first-order chi connectivity index (χ1) is 11.1. The Morgan fingerprint density at radius 1 is 1.39 bits per heavy atom. The summed E-state index contributed by atoms with van der Waals surface area (Å²) >= 11 is 3.48. The normalized spacial score (nSPS) is 26.3. The minimum absolute atomic E-state index is 0.132. The van der Waals surface area contributed by atoms with E-state index in [4.69, 9.17) is 0 Å². The van der Waals surface area contributed by atoms with E-state index in [1.807, 2.05) is 24.3 Å². The zero-order valence-electron chi connectivity index (χ0n) is 13.8. The predicted molar refractivity (Wildman–Crippen MR) is 97.5 cm³/mol. The van der Waals surface area contributed by atoms with Gasteiger partial charge in [-0.15, -0.1) is 0 Å². The van der Waals surface area contributed by atoms with Crippen molar-refractivity contribution in [3.63, 3.8) is 0 Å². The standard InChI is InChI=1S/C18H26BrN3O/c1-18(8-9-20-12-18)13-22-10-6-14(7-11-22)17(23)21-16-5-3-2-4-15(16)19/h2-5,14,20H,6-13H2,1H3,(H,21,23). The van der Waals surface area contributed by atoms with Gasteiger partial charge in [0.05, 0.1) is 5.69 Å². The SMILES string of the molecule is CC1(CN2CCC(C(=O)Nc3ccccc3Br)CC2)CCNC1. The van der Waals surface area contributed by atoms with Crippen LogP contribution in [-0.2, 0) is 4.79 Å². The second-order valence-corrected chi connectivity index (χ2v) is 8.11. The maximum absolute atomic E-state index is 12.5. The number of nitrogens with zero attached hydrogens (tertiary/aromatic N) is 1. The second-order valence-electron chi connectivity index (χ2n) is 7.26. The van der Waals surface area contributed by atoms with Crippen LogP contribution in [0.2, 0.25) is 0 Å². The Balaban J connectivity index is 1.48. The number of benzene rings is 1. The summed E-state index contributed by atoms with van der Waals surface area (Å²) in [5, 5.41) is 6.53. The Labute approximate surface area is 147 Å². The van der Waals surface area contributed by atoms with Gasteiger partial charge in [0, 0.05) is 23.5 Å². The van der Waals surface area contributed by atoms with Crippen LogP contribution in [0.3, 0.4) is 0 Å². The fourth-order valence-corrected chi connectivity index (χ4v) is 4.08. The third-order valence-electron chi connectivity index (χ3n) is 5.15. The van der Waals surface area contributed by atoms with Gasteiger partial charge in [-0.2, -0.15) is 0 Å². The van der Waals surface area contributed by atoms with E-state index in [1.54, 1.807) is 0 Å². The highest BCUT2D eigenvalue weighted by Gasteiger charge is 2.33. The number of para-hydroxylation sites is 1. The summed E-state index contributed by atoms with van der Waals surface area (Å²) in [5.74, 6) is 0.290. The van der Waals surface area contributed by atoms with E-state index in [1.165, 1.54) is 6.42 Å². The number of nitrogens with one attached hydrogen (secondary N) is 2. The Kier molecular flexibility index (Phi) is 5.39. The van der Waals surface area contributed by atoms with E-state index in [-0.39, 0.29) is 11.8 Å². The third-order valence-corrected chi connectivity index (χ3v) is 5.84. The number of halogens is 1. The number of hydrogen-bond acceptors (Lipinski definition) is 3. The first-order valence-electron chi connectivity index (χ1n) is 8.54. The average Bonchev–Trinajstić information content (AvgIpc) is 2.96. The topological polar surface area (TPSA) is 44.4 Å². The van der Waals surface area contributed by atoms with Crippen LogP contribution in [0, 0.1) is 11.3 Å². The lowest BCUT2D eigenvalue weighted by Gasteiger charge is -2.36. The van der Waals surface area contributed by atoms with Crippen LogP contribution in [0.15, 0.2) is 28.7 Å². The van der Waals surface area contributed by atoms with Crippen molar-refractivity contribution in [3.8, 4) is 0 Å². The molecule has 0 aliphatic carbocycles. The largest absolute Gasteiger partial charge is 0.325 e. The molecule has 1 aromatic rings. The fraction of sp³-hybridized carbons (Fsp3) is 0.611. The second kappa shape index (κ2) is 7.32. The van der Waals surface area contributed by atoms with Gasteiger partial charge in [0.2, 0.25) is 5.91 Å². The van der Waals surface area contributed by atoms with E-state index in [0.29, 0.717) is 5.41 Å². The van der Waals surface area contributed by atoms with E-state index < -0.39 is 0 Å². The van der Waals surface area contributed by atoms with Crippen LogP contribution >= 0.6 is 15.9 Å². The summed E-state index contributed by atoms with van der Waals surface area (Å²) in [6.45, 7) is 7.85. The van der Waals surface area contributed by atoms with Crippen molar-refractivity contribution < 1.29 is 4.79 Å². The van der Waals surface area contributed by atoms with Gasteiger partial charge in [-0.1, -0.05) is 19.1 Å². The molecule has 2 fully saturated rings. The number of piperidine rings is 1. The van der Waals surface area contributed by atoms with E-state index in [2.05, 4.69) is 38.4 Å². The Hall–Kier alpha value is -0.910. The number of likely N-dealkylation sites (tertiary alicyclic amines) is 1. The first-order valence-corrected chi connectivity index (χ1v) is 9.34. The summed E-state index contributed by atoms with van der Waals surface area (Å²) in [7, 11) is 0. The van der Waals surface area contributed by atoms with Gasteiger partial charge in [-0.05, 0) is 72.4 Å². The molecule has 2 aliphatic heterocycles. The average molecular weight is 380 g/mol. The number of carbonyl (C=O) groups excluding carboxylic acids is 1. The van der Waals surface area contributed by atoms with Crippen molar-refractivity contribution in [2.24, 2.45) is 11.3 Å². The van der Waals surface area contributed by atoms with Gasteiger partial charge in [0.15, 0.2) is 0 Å². The molecule has 2 N–H and O–H groups in total. The fourth-order valence-electron chi connectivity index (χ4n) is 3.69. The molecule has 0 bridgehead atoms. The molecule has 2 saturated heterocycles. The van der Waals surface area contributed by atoms with Crippen LogP contribution in [0.1, 0.15) is 26.2 Å². The van der Waals surface area contributed by atoms with Crippen molar-refractivity contribution in [2.75, 3.05) is 38.0 Å². The van der Waals surface area contributed by atoms with E-state index in [0.717, 1.165) is 55.7 Å². The van der Waals surface area contributed by atoms with E-state index in [9.17, 15) is 4.79 Å². The van der Waals surface area contributed by atoms with Gasteiger partial charge in [-0.25, -0.2) is 0 Å². The molecule has 1 aromatic carbocycles. The molecule has 1 atom stereocenters. The van der Waals surface area contributed by atoms with Crippen LogP contribution in [0.5, 0.6) is 0 Å². The number of rotatable bonds is 4. The minimum atomic E-state index is 0.132. The molecule has 4 nitrogen and oxygen atoms in total. The van der Waals surface area contributed by atoms with Gasteiger partial charge < -0.3 is 15.5 Å². The molecule has 23 heavy (non-hydrogen) atoms. The predicted octanol–water partition coefficient (Wildman–Crippen LogP) is 3.10. The highest BCUT2D eigenvalue weighted by Crippen LogP contribution is 2.29. The summed E-state index contributed by atoms with van der Waals surface area (Å²) in [6.07, 6.45) is 3.18. The smallest absolute Gasteiger partial charge is 0.227 e.